The van der Waals surface area contributed by atoms with Crippen LogP contribution in [0, 0.1) is 5.92 Å². The van der Waals surface area contributed by atoms with E-state index < -0.39 is 0 Å². The van der Waals surface area contributed by atoms with Crippen LogP contribution in [0.2, 0.25) is 0 Å². The molecule has 26 heavy (non-hydrogen) atoms. The van der Waals surface area contributed by atoms with E-state index in [1.54, 1.807) is 13.2 Å². The second-order valence-corrected chi connectivity index (χ2v) is 5.94. The fourth-order valence-electron chi connectivity index (χ4n) is 3.15. The highest BCUT2D eigenvalue weighted by molar-refractivity contribution is 6.05. The minimum absolute atomic E-state index is 0.0279. The van der Waals surface area contributed by atoms with Crippen LogP contribution in [0.3, 0.4) is 0 Å². The molecule has 0 fully saturated rings. The molecule has 6 nitrogen and oxygen atoms in total. The average Bonchev–Trinajstić information content (AvgIpc) is 2.69. The first-order valence-electron chi connectivity index (χ1n) is 8.25. The molecule has 1 unspecified atom stereocenters. The monoisotopic (exact) mass is 358 g/mol. The largest absolute Gasteiger partial charge is 0.497 e. The smallest absolute Gasteiger partial charge is 0.204 e. The number of ketones is 1. The SMILES string of the molecule is COc1ccc(CC2COc3cc(OC)c(OC)c(OC)c3C2=O)cc1. The summed E-state index contributed by atoms with van der Waals surface area (Å²) in [6.45, 7) is 0.302. The lowest BCUT2D eigenvalue weighted by atomic mass is 9.89. The summed E-state index contributed by atoms with van der Waals surface area (Å²) in [6, 6.07) is 9.33. The quantitative estimate of drug-likeness (QED) is 0.790. The third-order valence-corrected chi connectivity index (χ3v) is 4.49. The Morgan fingerprint density at radius 2 is 1.65 bits per heavy atom. The van der Waals surface area contributed by atoms with Crippen LogP contribution in [0.1, 0.15) is 15.9 Å². The van der Waals surface area contributed by atoms with E-state index in [-0.39, 0.29) is 11.7 Å². The van der Waals surface area contributed by atoms with Gasteiger partial charge in [0, 0.05) is 6.07 Å². The van der Waals surface area contributed by atoms with Crippen molar-refractivity contribution < 1.29 is 28.5 Å². The molecule has 0 saturated carbocycles. The van der Waals surface area contributed by atoms with Crippen LogP contribution >= 0.6 is 0 Å². The Morgan fingerprint density at radius 1 is 0.962 bits per heavy atom. The summed E-state index contributed by atoms with van der Waals surface area (Å²) in [4.78, 5) is 13.1. The Kier molecular flexibility index (Phi) is 5.21. The number of hydrogen-bond acceptors (Lipinski definition) is 6. The molecule has 0 aromatic heterocycles. The van der Waals surface area contributed by atoms with E-state index in [1.165, 1.54) is 21.3 Å². The first kappa shape index (κ1) is 17.9. The van der Waals surface area contributed by atoms with Gasteiger partial charge in [-0.2, -0.15) is 0 Å². The Hall–Kier alpha value is -2.89. The van der Waals surface area contributed by atoms with Crippen molar-refractivity contribution in [2.24, 2.45) is 5.92 Å². The van der Waals surface area contributed by atoms with Gasteiger partial charge in [-0.3, -0.25) is 4.79 Å². The molecule has 0 spiro atoms. The third-order valence-electron chi connectivity index (χ3n) is 4.49. The van der Waals surface area contributed by atoms with Crippen molar-refractivity contribution >= 4 is 5.78 Å². The van der Waals surface area contributed by atoms with Gasteiger partial charge in [0.25, 0.3) is 0 Å². The van der Waals surface area contributed by atoms with E-state index in [2.05, 4.69) is 0 Å². The molecule has 1 heterocycles. The maximum atomic E-state index is 13.1. The molecule has 1 aliphatic rings. The van der Waals surface area contributed by atoms with Gasteiger partial charge in [0.2, 0.25) is 5.75 Å². The molecule has 1 atom stereocenters. The van der Waals surface area contributed by atoms with E-state index in [9.17, 15) is 4.79 Å². The van der Waals surface area contributed by atoms with Crippen molar-refractivity contribution in [3.8, 4) is 28.7 Å². The first-order valence-corrected chi connectivity index (χ1v) is 8.25. The van der Waals surface area contributed by atoms with Crippen molar-refractivity contribution in [3.05, 3.63) is 41.5 Å². The summed E-state index contributed by atoms with van der Waals surface area (Å²) in [6.07, 6.45) is 0.569. The van der Waals surface area contributed by atoms with Crippen molar-refractivity contribution in [1.82, 2.24) is 0 Å². The highest BCUT2D eigenvalue weighted by Gasteiger charge is 2.35. The van der Waals surface area contributed by atoms with Gasteiger partial charge in [0.05, 0.1) is 41.0 Å². The molecular formula is C20H22O6. The normalized spacial score (nSPS) is 15.7. The van der Waals surface area contributed by atoms with E-state index in [0.717, 1.165) is 11.3 Å². The topological polar surface area (TPSA) is 63.2 Å². The van der Waals surface area contributed by atoms with Crippen LogP contribution in [0.5, 0.6) is 28.7 Å². The molecular weight excluding hydrogens is 336 g/mol. The molecule has 3 rings (SSSR count). The number of ether oxygens (including phenoxy) is 5. The number of rotatable bonds is 6. The van der Waals surface area contributed by atoms with Crippen LogP contribution < -0.4 is 23.7 Å². The third kappa shape index (κ3) is 3.14. The highest BCUT2D eigenvalue weighted by atomic mass is 16.5. The Balaban J connectivity index is 1.93. The van der Waals surface area contributed by atoms with Gasteiger partial charge in [0.15, 0.2) is 17.3 Å². The lowest BCUT2D eigenvalue weighted by Crippen LogP contribution is -2.30. The molecule has 2 aromatic rings. The summed E-state index contributed by atoms with van der Waals surface area (Å²) in [5, 5.41) is 0. The summed E-state index contributed by atoms with van der Waals surface area (Å²) >= 11 is 0. The molecule has 2 aromatic carbocycles. The number of methoxy groups -OCH3 is 4. The molecule has 0 bridgehead atoms. The van der Waals surface area contributed by atoms with E-state index in [0.29, 0.717) is 41.6 Å². The fraction of sp³-hybridized carbons (Fsp3) is 0.350. The van der Waals surface area contributed by atoms with Gasteiger partial charge in [0.1, 0.15) is 17.1 Å². The number of carbonyl (C=O) groups is 1. The summed E-state index contributed by atoms with van der Waals surface area (Å²) in [7, 11) is 6.16. The first-order chi connectivity index (χ1) is 12.6. The number of hydrogen-bond donors (Lipinski definition) is 0. The Labute approximate surface area is 152 Å². The van der Waals surface area contributed by atoms with E-state index in [1.807, 2.05) is 24.3 Å². The van der Waals surface area contributed by atoms with E-state index >= 15 is 0 Å². The standard InChI is InChI=1S/C20H22O6/c1-22-14-7-5-12(6-8-14)9-13-11-26-15-10-16(23-2)19(24-3)20(25-4)17(15)18(13)21/h5-8,10,13H,9,11H2,1-4H3. The lowest BCUT2D eigenvalue weighted by molar-refractivity contribution is 0.0824. The molecule has 0 radical (unpaired) electrons. The molecule has 0 saturated heterocycles. The zero-order valence-electron chi connectivity index (χ0n) is 15.3. The van der Waals surface area contributed by atoms with Crippen LogP contribution in [0.15, 0.2) is 30.3 Å². The minimum atomic E-state index is -0.303. The van der Waals surface area contributed by atoms with Crippen LogP contribution in [-0.2, 0) is 6.42 Å². The predicted octanol–water partition coefficient (Wildman–Crippen LogP) is 3.16. The maximum Gasteiger partial charge on any atom is 0.204 e. The molecule has 0 N–H and O–H groups in total. The molecule has 0 aliphatic carbocycles. The number of fused-ring (bicyclic) bond motifs is 1. The summed E-state index contributed by atoms with van der Waals surface area (Å²) < 4.78 is 27.2. The van der Waals surface area contributed by atoms with Crippen molar-refractivity contribution in [3.63, 3.8) is 0 Å². The second-order valence-electron chi connectivity index (χ2n) is 5.94. The fourth-order valence-corrected chi connectivity index (χ4v) is 3.15. The van der Waals surface area contributed by atoms with Gasteiger partial charge < -0.3 is 23.7 Å². The van der Waals surface area contributed by atoms with Crippen molar-refractivity contribution in [2.75, 3.05) is 35.0 Å². The van der Waals surface area contributed by atoms with Crippen LogP contribution in [0.4, 0.5) is 0 Å². The summed E-state index contributed by atoms with van der Waals surface area (Å²) in [5.74, 6) is 2.09. The number of benzene rings is 2. The maximum absolute atomic E-state index is 13.1. The second kappa shape index (κ2) is 7.56. The van der Waals surface area contributed by atoms with Gasteiger partial charge in [-0.25, -0.2) is 0 Å². The summed E-state index contributed by atoms with van der Waals surface area (Å²) in [5.41, 5.74) is 1.44. The zero-order chi connectivity index (χ0) is 18.7. The van der Waals surface area contributed by atoms with Gasteiger partial charge in [-0.15, -0.1) is 0 Å². The predicted molar refractivity (Wildman–Crippen MR) is 96.1 cm³/mol. The molecule has 1 aliphatic heterocycles. The zero-order valence-corrected chi connectivity index (χ0v) is 15.3. The highest BCUT2D eigenvalue weighted by Crippen LogP contribution is 2.47. The Morgan fingerprint density at radius 3 is 2.23 bits per heavy atom. The average molecular weight is 358 g/mol. The van der Waals surface area contributed by atoms with Gasteiger partial charge >= 0.3 is 0 Å². The van der Waals surface area contributed by atoms with Crippen LogP contribution in [0.25, 0.3) is 0 Å². The Bertz CT molecular complexity index is 797. The van der Waals surface area contributed by atoms with E-state index in [4.69, 9.17) is 23.7 Å². The lowest BCUT2D eigenvalue weighted by Gasteiger charge is -2.27. The van der Waals surface area contributed by atoms with Gasteiger partial charge in [-0.1, -0.05) is 12.1 Å². The molecule has 6 heteroatoms. The molecule has 138 valence electrons. The van der Waals surface area contributed by atoms with Crippen molar-refractivity contribution in [1.29, 1.82) is 0 Å². The van der Waals surface area contributed by atoms with Gasteiger partial charge in [-0.05, 0) is 24.1 Å². The molecule has 0 amide bonds. The minimum Gasteiger partial charge on any atom is -0.497 e. The van der Waals surface area contributed by atoms with Crippen LogP contribution in [-0.4, -0.2) is 40.8 Å². The number of Topliss-reactive ketones (excluding diaryl/α,β-unsaturated/α-hetero) is 1. The number of carbonyl (C=O) groups excluding carboxylic acids is 1. The van der Waals surface area contributed by atoms with Crippen molar-refractivity contribution in [2.45, 2.75) is 6.42 Å².